The Morgan fingerprint density at radius 3 is 1.44 bits per heavy atom. The quantitative estimate of drug-likeness (QED) is 0.0471. The van der Waals surface area contributed by atoms with Crippen LogP contribution in [-0.4, -0.2) is 41.9 Å². The molecule has 0 rings (SSSR count). The number of hydrogen-bond donors (Lipinski definition) is 3. The van der Waals surface area contributed by atoms with Crippen molar-refractivity contribution >= 4 is 16.0 Å². The summed E-state index contributed by atoms with van der Waals surface area (Å²) in [6.07, 6.45) is 48.0. The maximum atomic E-state index is 12.4. The second kappa shape index (κ2) is 31.0. The van der Waals surface area contributed by atoms with Gasteiger partial charge in [0.1, 0.15) is 0 Å². The van der Waals surface area contributed by atoms with Gasteiger partial charge in [0.2, 0.25) is 5.91 Å². The van der Waals surface area contributed by atoms with Crippen molar-refractivity contribution in [3.8, 4) is 0 Å². The van der Waals surface area contributed by atoms with E-state index in [9.17, 15) is 22.9 Å². The molecule has 0 saturated carbocycles. The van der Waals surface area contributed by atoms with E-state index in [2.05, 4.69) is 104 Å². The lowest BCUT2D eigenvalue weighted by molar-refractivity contribution is -0.122. The number of aliphatic hydroxyl groups is 1. The van der Waals surface area contributed by atoms with E-state index in [4.69, 9.17) is 0 Å². The highest BCUT2D eigenvalue weighted by Crippen LogP contribution is 2.05. The van der Waals surface area contributed by atoms with Crippen LogP contribution in [-0.2, 0) is 14.9 Å². The Morgan fingerprint density at radius 1 is 0.600 bits per heavy atom. The van der Waals surface area contributed by atoms with Crippen molar-refractivity contribution in [1.29, 1.82) is 0 Å². The van der Waals surface area contributed by atoms with Crippen LogP contribution in [0, 0.1) is 0 Å². The normalized spacial score (nSPS) is 14.8. The monoisotopic (exact) mass is 641 g/mol. The minimum atomic E-state index is -4.38. The molecule has 0 spiro atoms. The van der Waals surface area contributed by atoms with E-state index in [1.54, 1.807) is 6.08 Å². The van der Waals surface area contributed by atoms with E-state index < -0.39 is 28.0 Å². The van der Waals surface area contributed by atoms with Crippen molar-refractivity contribution in [2.75, 3.05) is 5.75 Å². The van der Waals surface area contributed by atoms with E-state index in [0.29, 0.717) is 12.8 Å². The van der Waals surface area contributed by atoms with Crippen LogP contribution in [0.3, 0.4) is 0 Å². The molecule has 0 aliphatic heterocycles. The molecule has 252 valence electrons. The first-order chi connectivity index (χ1) is 21.8. The predicted octanol–water partition coefficient (Wildman–Crippen LogP) is 9.23. The van der Waals surface area contributed by atoms with Crippen LogP contribution in [0.25, 0.3) is 0 Å². The Balaban J connectivity index is 4.27. The van der Waals surface area contributed by atoms with Gasteiger partial charge in [-0.1, -0.05) is 130 Å². The molecule has 6 nitrogen and oxygen atoms in total. The molecule has 2 unspecified atom stereocenters. The first kappa shape index (κ1) is 42.0. The van der Waals surface area contributed by atoms with Crippen LogP contribution in [0.2, 0.25) is 0 Å². The van der Waals surface area contributed by atoms with Crippen LogP contribution in [0.15, 0.2) is 109 Å². The Bertz CT molecular complexity index is 1110. The number of amides is 1. The summed E-state index contributed by atoms with van der Waals surface area (Å²) in [5.74, 6) is -1.14. The molecule has 0 aromatic heterocycles. The number of carbonyl (C=O) groups excluding carboxylic acids is 1. The third-order valence-electron chi connectivity index (χ3n) is 6.41. The molecule has 0 radical (unpaired) electrons. The Kier molecular flexibility index (Phi) is 28.9. The van der Waals surface area contributed by atoms with Gasteiger partial charge in [0.15, 0.2) is 0 Å². The lowest BCUT2D eigenvalue weighted by Gasteiger charge is -2.20. The minimum absolute atomic E-state index is 0.152. The molecule has 0 fully saturated rings. The standard InChI is InChI=1S/C38H59NO5S/c1-3-5-7-9-11-13-15-16-17-18-19-20-21-22-24-26-28-30-32-34-38(41)39-36(35-45(42,43)44)37(40)33-31-29-27-25-23-14-12-10-8-6-4-2/h5,7-8,10-11,13,16-17,19-20,22-25,28,30-31,33,36-37,40H,3-4,6,9,12,14-15,18,21,26-27,29,32,34-35H2,1-2H3,(H,39,41)(H,42,43,44)/b7-5-,10-8+,13-11-,17-16-,20-19-,24-22-,25-23+,30-28-,33-31+. The van der Waals surface area contributed by atoms with E-state index in [0.717, 1.165) is 70.6 Å². The molecule has 7 heteroatoms. The molecule has 0 heterocycles. The topological polar surface area (TPSA) is 104 Å². The minimum Gasteiger partial charge on any atom is -0.387 e. The van der Waals surface area contributed by atoms with Gasteiger partial charge in [0.05, 0.1) is 17.9 Å². The largest absolute Gasteiger partial charge is 0.387 e. The molecule has 0 aliphatic carbocycles. The molecule has 45 heavy (non-hydrogen) atoms. The van der Waals surface area contributed by atoms with E-state index >= 15 is 0 Å². The lowest BCUT2D eigenvalue weighted by Crippen LogP contribution is -2.46. The molecule has 1 amide bonds. The van der Waals surface area contributed by atoms with Gasteiger partial charge in [-0.15, -0.1) is 0 Å². The van der Waals surface area contributed by atoms with Crippen molar-refractivity contribution in [1.82, 2.24) is 5.32 Å². The van der Waals surface area contributed by atoms with Crippen LogP contribution in [0.4, 0.5) is 0 Å². The van der Waals surface area contributed by atoms with Crippen LogP contribution in [0.5, 0.6) is 0 Å². The fourth-order valence-corrected chi connectivity index (χ4v) is 4.71. The van der Waals surface area contributed by atoms with Crippen LogP contribution >= 0.6 is 0 Å². The van der Waals surface area contributed by atoms with E-state index in [1.807, 2.05) is 12.2 Å². The maximum absolute atomic E-state index is 12.4. The number of aliphatic hydroxyl groups excluding tert-OH is 1. The van der Waals surface area contributed by atoms with Crippen LogP contribution < -0.4 is 5.32 Å². The highest BCUT2D eigenvalue weighted by Gasteiger charge is 2.24. The van der Waals surface area contributed by atoms with Crippen molar-refractivity contribution in [3.05, 3.63) is 109 Å². The summed E-state index contributed by atoms with van der Waals surface area (Å²) in [6.45, 7) is 4.29. The number of unbranched alkanes of at least 4 members (excludes halogenated alkanes) is 3. The highest BCUT2D eigenvalue weighted by molar-refractivity contribution is 7.85. The highest BCUT2D eigenvalue weighted by atomic mass is 32.2. The number of nitrogens with one attached hydrogen (secondary N) is 1. The summed E-state index contributed by atoms with van der Waals surface area (Å²) in [5.41, 5.74) is 0. The van der Waals surface area contributed by atoms with Gasteiger partial charge < -0.3 is 10.4 Å². The molecule has 3 N–H and O–H groups in total. The van der Waals surface area contributed by atoms with E-state index in [-0.39, 0.29) is 12.3 Å². The zero-order valence-electron chi connectivity index (χ0n) is 27.7. The van der Waals surface area contributed by atoms with Crippen molar-refractivity contribution in [3.63, 3.8) is 0 Å². The van der Waals surface area contributed by atoms with Gasteiger partial charge >= 0.3 is 0 Å². The Hall–Kier alpha value is -3.00. The molecule has 0 aliphatic rings. The van der Waals surface area contributed by atoms with Crippen LogP contribution in [0.1, 0.15) is 104 Å². The first-order valence-corrected chi connectivity index (χ1v) is 18.2. The summed E-state index contributed by atoms with van der Waals surface area (Å²) in [7, 11) is -4.38. The van der Waals surface area contributed by atoms with Gasteiger partial charge in [0, 0.05) is 6.42 Å². The smallest absolute Gasteiger partial charge is 0.267 e. The van der Waals surface area contributed by atoms with Gasteiger partial charge in [0.25, 0.3) is 10.1 Å². The predicted molar refractivity (Wildman–Crippen MR) is 193 cm³/mol. The summed E-state index contributed by atoms with van der Waals surface area (Å²) >= 11 is 0. The molecule has 0 aromatic carbocycles. The van der Waals surface area contributed by atoms with Gasteiger partial charge in [-0.05, 0) is 77.0 Å². The number of hydrogen-bond acceptors (Lipinski definition) is 4. The summed E-state index contributed by atoms with van der Waals surface area (Å²) < 4.78 is 32.2. The van der Waals surface area contributed by atoms with Gasteiger partial charge in [-0.25, -0.2) is 0 Å². The second-order valence-electron chi connectivity index (χ2n) is 10.7. The average molecular weight is 642 g/mol. The molecule has 0 aromatic rings. The van der Waals surface area contributed by atoms with Crippen molar-refractivity contribution < 1.29 is 22.9 Å². The molecular formula is C38H59NO5S. The third-order valence-corrected chi connectivity index (χ3v) is 7.19. The summed E-state index contributed by atoms with van der Waals surface area (Å²) in [5, 5.41) is 13.0. The molecular weight excluding hydrogens is 582 g/mol. The average Bonchev–Trinajstić information content (AvgIpc) is 3.00. The summed E-state index contributed by atoms with van der Waals surface area (Å²) in [6, 6.07) is -1.13. The Morgan fingerprint density at radius 2 is 1.00 bits per heavy atom. The molecule has 2 atom stereocenters. The van der Waals surface area contributed by atoms with Crippen molar-refractivity contribution in [2.45, 2.75) is 116 Å². The van der Waals surface area contributed by atoms with E-state index in [1.165, 1.54) is 6.08 Å². The SMILES string of the molecule is CC/C=C\C/C=C\C/C=C\C/C=C\C/C=C\C/C=C\CCC(=O)NC(CS(=O)(=O)O)C(O)/C=C/CC/C=C/CC/C=C/CCC. The third kappa shape index (κ3) is 32.2. The van der Waals surface area contributed by atoms with Crippen molar-refractivity contribution in [2.24, 2.45) is 0 Å². The van der Waals surface area contributed by atoms with Gasteiger partial charge in [-0.3, -0.25) is 9.35 Å². The fraction of sp³-hybridized carbons (Fsp3) is 0.500. The second-order valence-corrected chi connectivity index (χ2v) is 12.2. The van der Waals surface area contributed by atoms with Gasteiger partial charge in [-0.2, -0.15) is 8.42 Å². The summed E-state index contributed by atoms with van der Waals surface area (Å²) in [4.78, 5) is 12.4. The molecule has 0 bridgehead atoms. The maximum Gasteiger partial charge on any atom is 0.267 e. The zero-order valence-corrected chi connectivity index (χ0v) is 28.5. The fourth-order valence-electron chi connectivity index (χ4n) is 3.98. The Labute approximate surface area is 274 Å². The number of allylic oxidation sites excluding steroid dienone is 17. The molecule has 0 saturated heterocycles. The zero-order chi connectivity index (χ0) is 33.3. The lowest BCUT2D eigenvalue weighted by atomic mass is 10.1. The number of carbonyl (C=O) groups is 1. The number of rotatable bonds is 27. The first-order valence-electron chi connectivity index (χ1n) is 16.6.